The number of amides is 2. The molecule has 2 N–H and O–H groups in total. The van der Waals surface area contributed by atoms with Gasteiger partial charge in [-0.15, -0.1) is 0 Å². The summed E-state index contributed by atoms with van der Waals surface area (Å²) in [5.74, 6) is 1.76. The highest BCUT2D eigenvalue weighted by Crippen LogP contribution is 2.20. The Kier molecular flexibility index (Phi) is 6.28. The van der Waals surface area contributed by atoms with Crippen LogP contribution in [0.5, 0.6) is 0 Å². The molecule has 144 valence electrons. The SMILES string of the molecule is CN(C)c1nc(CNC(=O)Nc2ccccc2Cl)nc(N2CCCCC2)n1. The smallest absolute Gasteiger partial charge is 0.319 e. The summed E-state index contributed by atoms with van der Waals surface area (Å²) in [5, 5.41) is 5.98. The van der Waals surface area contributed by atoms with E-state index in [1.54, 1.807) is 18.2 Å². The summed E-state index contributed by atoms with van der Waals surface area (Å²) in [7, 11) is 3.77. The van der Waals surface area contributed by atoms with Crippen LogP contribution in [0.4, 0.5) is 22.4 Å². The van der Waals surface area contributed by atoms with Crippen molar-refractivity contribution in [1.82, 2.24) is 20.3 Å². The van der Waals surface area contributed by atoms with Crippen LogP contribution in [-0.4, -0.2) is 48.2 Å². The molecule has 27 heavy (non-hydrogen) atoms. The molecular formula is C18H24ClN7O. The van der Waals surface area contributed by atoms with Gasteiger partial charge < -0.3 is 20.4 Å². The molecule has 1 saturated heterocycles. The zero-order valence-corrected chi connectivity index (χ0v) is 16.3. The molecule has 0 radical (unpaired) electrons. The summed E-state index contributed by atoms with van der Waals surface area (Å²) in [6.45, 7) is 2.08. The van der Waals surface area contributed by atoms with Gasteiger partial charge in [0, 0.05) is 27.2 Å². The standard InChI is InChI=1S/C18H24ClN7O/c1-25(2)16-22-15(23-17(24-16)26-10-6-3-7-11-26)12-20-18(27)21-14-9-5-4-8-13(14)19/h4-5,8-9H,3,6-7,10-12H2,1-2H3,(H2,20,21,27). The molecule has 2 amide bonds. The van der Waals surface area contributed by atoms with Crippen molar-refractivity contribution in [2.75, 3.05) is 42.3 Å². The van der Waals surface area contributed by atoms with Crippen LogP contribution in [0.1, 0.15) is 25.1 Å². The molecule has 1 aliphatic rings. The summed E-state index contributed by atoms with van der Waals surface area (Å²) in [6, 6.07) is 6.71. The number of anilines is 3. The predicted molar refractivity (Wildman–Crippen MR) is 108 cm³/mol. The van der Waals surface area contributed by atoms with Gasteiger partial charge in [0.25, 0.3) is 0 Å². The number of para-hydroxylation sites is 1. The Balaban J connectivity index is 1.68. The zero-order valence-electron chi connectivity index (χ0n) is 15.6. The summed E-state index contributed by atoms with van der Waals surface area (Å²) < 4.78 is 0. The van der Waals surface area contributed by atoms with E-state index in [-0.39, 0.29) is 12.6 Å². The maximum absolute atomic E-state index is 12.2. The van der Waals surface area contributed by atoms with Crippen molar-refractivity contribution in [3.8, 4) is 0 Å². The fourth-order valence-electron chi connectivity index (χ4n) is 2.80. The second kappa shape index (κ2) is 8.85. The van der Waals surface area contributed by atoms with Crippen LogP contribution in [0.3, 0.4) is 0 Å². The molecule has 1 fully saturated rings. The van der Waals surface area contributed by atoms with Crippen molar-refractivity contribution < 1.29 is 4.79 Å². The molecule has 0 aliphatic carbocycles. The Labute approximate surface area is 164 Å². The number of aromatic nitrogens is 3. The van der Waals surface area contributed by atoms with E-state index in [1.165, 1.54) is 6.42 Å². The predicted octanol–water partition coefficient (Wildman–Crippen LogP) is 2.90. The van der Waals surface area contributed by atoms with Crippen LogP contribution in [-0.2, 0) is 6.54 Å². The van der Waals surface area contributed by atoms with Gasteiger partial charge in [0.15, 0.2) is 5.82 Å². The number of rotatable bonds is 5. The van der Waals surface area contributed by atoms with Gasteiger partial charge in [0.05, 0.1) is 17.3 Å². The molecule has 9 heteroatoms. The van der Waals surface area contributed by atoms with E-state index in [2.05, 4.69) is 30.5 Å². The highest BCUT2D eigenvalue weighted by Gasteiger charge is 2.17. The van der Waals surface area contributed by atoms with Gasteiger partial charge in [0.1, 0.15) is 0 Å². The van der Waals surface area contributed by atoms with Crippen molar-refractivity contribution >= 4 is 35.2 Å². The summed E-state index contributed by atoms with van der Waals surface area (Å²) in [6.07, 6.45) is 3.51. The fourth-order valence-corrected chi connectivity index (χ4v) is 2.98. The van der Waals surface area contributed by atoms with Crippen molar-refractivity contribution in [2.45, 2.75) is 25.8 Å². The number of piperidine rings is 1. The van der Waals surface area contributed by atoms with Crippen molar-refractivity contribution in [1.29, 1.82) is 0 Å². The van der Waals surface area contributed by atoms with Crippen LogP contribution in [0.15, 0.2) is 24.3 Å². The number of urea groups is 1. The van der Waals surface area contributed by atoms with E-state index in [4.69, 9.17) is 11.6 Å². The van der Waals surface area contributed by atoms with Gasteiger partial charge in [-0.3, -0.25) is 0 Å². The molecule has 8 nitrogen and oxygen atoms in total. The highest BCUT2D eigenvalue weighted by atomic mass is 35.5. The van der Waals surface area contributed by atoms with E-state index in [0.29, 0.717) is 28.4 Å². The monoisotopic (exact) mass is 389 g/mol. The zero-order chi connectivity index (χ0) is 19.2. The van der Waals surface area contributed by atoms with E-state index in [9.17, 15) is 4.79 Å². The number of nitrogens with one attached hydrogen (secondary N) is 2. The Morgan fingerprint density at radius 1 is 1.15 bits per heavy atom. The van der Waals surface area contributed by atoms with E-state index >= 15 is 0 Å². The van der Waals surface area contributed by atoms with Crippen LogP contribution >= 0.6 is 11.6 Å². The second-order valence-corrected chi connectivity index (χ2v) is 6.99. The fraction of sp³-hybridized carbons (Fsp3) is 0.444. The highest BCUT2D eigenvalue weighted by molar-refractivity contribution is 6.33. The number of nitrogens with zero attached hydrogens (tertiary/aromatic N) is 5. The molecule has 1 aliphatic heterocycles. The van der Waals surface area contributed by atoms with Crippen molar-refractivity contribution in [2.24, 2.45) is 0 Å². The first-order valence-corrected chi connectivity index (χ1v) is 9.37. The normalized spacial score (nSPS) is 14.0. The molecule has 0 unspecified atom stereocenters. The van der Waals surface area contributed by atoms with Crippen LogP contribution in [0.2, 0.25) is 5.02 Å². The summed E-state index contributed by atoms with van der Waals surface area (Å²) in [5.41, 5.74) is 0.551. The Morgan fingerprint density at radius 2 is 1.89 bits per heavy atom. The van der Waals surface area contributed by atoms with E-state index in [0.717, 1.165) is 25.9 Å². The van der Waals surface area contributed by atoms with Crippen molar-refractivity contribution in [3.05, 3.63) is 35.1 Å². The topological polar surface area (TPSA) is 86.3 Å². The number of carbonyl (C=O) groups is 1. The van der Waals surface area contributed by atoms with Gasteiger partial charge >= 0.3 is 6.03 Å². The number of hydrogen-bond acceptors (Lipinski definition) is 6. The number of carbonyl (C=O) groups excluding carboxylic acids is 1. The largest absolute Gasteiger partial charge is 0.347 e. The molecule has 1 aromatic heterocycles. The van der Waals surface area contributed by atoms with Gasteiger partial charge in [0.2, 0.25) is 11.9 Å². The van der Waals surface area contributed by atoms with Gasteiger partial charge in [-0.2, -0.15) is 15.0 Å². The number of benzene rings is 1. The Hall–Kier alpha value is -2.61. The van der Waals surface area contributed by atoms with Crippen LogP contribution in [0.25, 0.3) is 0 Å². The molecule has 2 aromatic rings. The number of halogens is 1. The lowest BCUT2D eigenvalue weighted by atomic mass is 10.1. The average molecular weight is 390 g/mol. The Morgan fingerprint density at radius 3 is 2.59 bits per heavy atom. The van der Waals surface area contributed by atoms with E-state index in [1.807, 2.05) is 25.1 Å². The maximum Gasteiger partial charge on any atom is 0.319 e. The molecular weight excluding hydrogens is 366 g/mol. The lowest BCUT2D eigenvalue weighted by Gasteiger charge is -2.27. The molecule has 1 aromatic carbocycles. The van der Waals surface area contributed by atoms with Gasteiger partial charge in [-0.25, -0.2) is 4.79 Å². The molecule has 0 bridgehead atoms. The molecule has 3 rings (SSSR count). The second-order valence-electron chi connectivity index (χ2n) is 6.58. The third-order valence-electron chi connectivity index (χ3n) is 4.23. The molecule has 2 heterocycles. The maximum atomic E-state index is 12.2. The first-order valence-electron chi connectivity index (χ1n) is 8.99. The minimum Gasteiger partial charge on any atom is -0.347 e. The van der Waals surface area contributed by atoms with Gasteiger partial charge in [-0.05, 0) is 31.4 Å². The Bertz CT molecular complexity index is 793. The van der Waals surface area contributed by atoms with E-state index < -0.39 is 0 Å². The quantitative estimate of drug-likeness (QED) is 0.817. The van der Waals surface area contributed by atoms with Crippen molar-refractivity contribution in [3.63, 3.8) is 0 Å². The minimum absolute atomic E-state index is 0.195. The minimum atomic E-state index is -0.366. The average Bonchev–Trinajstić information content (AvgIpc) is 2.68. The first kappa shape index (κ1) is 19.2. The molecule has 0 atom stereocenters. The van der Waals surface area contributed by atoms with Crippen LogP contribution < -0.4 is 20.4 Å². The number of hydrogen-bond donors (Lipinski definition) is 2. The molecule has 0 spiro atoms. The summed E-state index contributed by atoms with van der Waals surface area (Å²) in [4.78, 5) is 29.7. The third-order valence-corrected chi connectivity index (χ3v) is 4.56. The summed E-state index contributed by atoms with van der Waals surface area (Å²) >= 11 is 6.06. The lowest BCUT2D eigenvalue weighted by molar-refractivity contribution is 0.251. The first-order chi connectivity index (χ1) is 13.0. The van der Waals surface area contributed by atoms with Gasteiger partial charge in [-0.1, -0.05) is 23.7 Å². The molecule has 0 saturated carbocycles. The third kappa shape index (κ3) is 5.19. The van der Waals surface area contributed by atoms with Crippen LogP contribution in [0, 0.1) is 0 Å². The lowest BCUT2D eigenvalue weighted by Crippen LogP contribution is -2.33.